The van der Waals surface area contributed by atoms with Crippen LogP contribution in [0.25, 0.3) is 0 Å². The predicted octanol–water partition coefficient (Wildman–Crippen LogP) is 4.67. The highest BCUT2D eigenvalue weighted by molar-refractivity contribution is 5.87. The van der Waals surface area contributed by atoms with E-state index in [9.17, 15) is 14.4 Å². The number of carbonyl (C=O) groups excluding carboxylic acids is 3. The van der Waals surface area contributed by atoms with Crippen molar-refractivity contribution in [3.8, 4) is 0 Å². The zero-order valence-electron chi connectivity index (χ0n) is 23.3. The van der Waals surface area contributed by atoms with Crippen molar-refractivity contribution in [3.63, 3.8) is 0 Å². The minimum absolute atomic E-state index is 0.0164. The highest BCUT2D eigenvalue weighted by Crippen LogP contribution is 2.44. The minimum Gasteiger partial charge on any atom is -0.465 e. The fourth-order valence-electron chi connectivity index (χ4n) is 5.94. The van der Waals surface area contributed by atoms with Crippen LogP contribution < -0.4 is 5.32 Å². The van der Waals surface area contributed by atoms with Crippen molar-refractivity contribution in [2.75, 3.05) is 13.2 Å². The van der Waals surface area contributed by atoms with Crippen molar-refractivity contribution < 1.29 is 23.9 Å². The lowest BCUT2D eigenvalue weighted by Gasteiger charge is -2.33. The molecule has 1 N–H and O–H groups in total. The molecule has 0 heterocycles. The summed E-state index contributed by atoms with van der Waals surface area (Å²) < 4.78 is 10.9. The molecule has 1 amide bonds. The zero-order valence-corrected chi connectivity index (χ0v) is 23.3. The predicted molar refractivity (Wildman–Crippen MR) is 144 cm³/mol. The molecule has 2 saturated carbocycles. The molecule has 0 radical (unpaired) electrons. The highest BCUT2D eigenvalue weighted by Gasteiger charge is 2.41. The molecule has 4 atom stereocenters. The minimum atomic E-state index is -0.643. The summed E-state index contributed by atoms with van der Waals surface area (Å²) in [7, 11) is 0. The van der Waals surface area contributed by atoms with E-state index in [0.717, 1.165) is 18.4 Å². The quantitative estimate of drug-likeness (QED) is 0.432. The summed E-state index contributed by atoms with van der Waals surface area (Å²) in [6.45, 7) is 9.27. The van der Waals surface area contributed by atoms with Crippen molar-refractivity contribution >= 4 is 17.8 Å². The van der Waals surface area contributed by atoms with Crippen LogP contribution in [0.15, 0.2) is 30.3 Å². The number of hydrogen-bond acceptors (Lipinski definition) is 6. The third-order valence-corrected chi connectivity index (χ3v) is 7.62. The highest BCUT2D eigenvalue weighted by atomic mass is 16.6. The average Bonchev–Trinajstić information content (AvgIpc) is 3.28. The summed E-state index contributed by atoms with van der Waals surface area (Å²) in [5.74, 6) is 0.323. The van der Waals surface area contributed by atoms with Gasteiger partial charge in [0.05, 0.1) is 12.6 Å². The molecule has 1 unspecified atom stereocenters. The van der Waals surface area contributed by atoms with Gasteiger partial charge in [0.1, 0.15) is 18.2 Å². The topological polar surface area (TPSA) is 84.9 Å². The fraction of sp³-hybridized carbons (Fsp3) is 0.700. The number of aryl methyl sites for hydroxylation is 1. The Balaban J connectivity index is 1.72. The smallest absolute Gasteiger partial charge is 0.326 e. The Morgan fingerprint density at radius 2 is 1.68 bits per heavy atom. The molecular formula is C30H46N2O5. The van der Waals surface area contributed by atoms with E-state index in [1.54, 1.807) is 18.7 Å². The SMILES string of the molecule is CCOC(=O)C(CCc1ccccc1)N[C@@H](C)C(=O)N(CC(=O)OC(C)(C)C)C1C[C@H]2CCCC[C@@H]2C1. The summed E-state index contributed by atoms with van der Waals surface area (Å²) in [5, 5.41) is 3.24. The van der Waals surface area contributed by atoms with Gasteiger partial charge in [-0.2, -0.15) is 0 Å². The normalized spacial score (nSPS) is 21.5. The Bertz CT molecular complexity index is 883. The van der Waals surface area contributed by atoms with E-state index in [2.05, 4.69) is 5.32 Å². The van der Waals surface area contributed by atoms with E-state index in [4.69, 9.17) is 9.47 Å². The Morgan fingerprint density at radius 1 is 1.05 bits per heavy atom. The average molecular weight is 515 g/mol. The maximum absolute atomic E-state index is 13.8. The molecule has 2 fully saturated rings. The molecule has 1 aromatic rings. The Morgan fingerprint density at radius 3 is 2.24 bits per heavy atom. The monoisotopic (exact) mass is 514 g/mol. The van der Waals surface area contributed by atoms with E-state index < -0.39 is 23.7 Å². The third kappa shape index (κ3) is 8.84. The molecule has 0 bridgehead atoms. The van der Waals surface area contributed by atoms with E-state index >= 15 is 0 Å². The summed E-state index contributed by atoms with van der Waals surface area (Å²) in [5.41, 5.74) is 0.504. The Kier molecular flexibility index (Phi) is 10.6. The van der Waals surface area contributed by atoms with Crippen LogP contribution in [-0.4, -0.2) is 59.6 Å². The molecule has 2 aliphatic carbocycles. The van der Waals surface area contributed by atoms with Crippen molar-refractivity contribution in [2.24, 2.45) is 11.8 Å². The molecule has 37 heavy (non-hydrogen) atoms. The molecule has 1 aromatic carbocycles. The van der Waals surface area contributed by atoms with E-state index in [-0.39, 0.29) is 31.1 Å². The maximum Gasteiger partial charge on any atom is 0.326 e. The van der Waals surface area contributed by atoms with Gasteiger partial charge in [0.15, 0.2) is 0 Å². The van der Waals surface area contributed by atoms with Crippen LogP contribution in [0.5, 0.6) is 0 Å². The van der Waals surface area contributed by atoms with Crippen LogP contribution in [0.1, 0.15) is 85.1 Å². The van der Waals surface area contributed by atoms with Gasteiger partial charge in [-0.15, -0.1) is 0 Å². The lowest BCUT2D eigenvalue weighted by atomic mass is 9.82. The summed E-state index contributed by atoms with van der Waals surface area (Å²) in [4.78, 5) is 41.2. The number of amides is 1. The number of esters is 2. The van der Waals surface area contributed by atoms with Gasteiger partial charge in [0.25, 0.3) is 0 Å². The van der Waals surface area contributed by atoms with Gasteiger partial charge in [0.2, 0.25) is 5.91 Å². The fourth-order valence-corrected chi connectivity index (χ4v) is 5.94. The number of ether oxygens (including phenoxy) is 2. The first-order valence-corrected chi connectivity index (χ1v) is 14.1. The molecule has 3 rings (SSSR count). The number of rotatable bonds is 11. The first-order chi connectivity index (χ1) is 17.6. The van der Waals surface area contributed by atoms with Gasteiger partial charge in [-0.3, -0.25) is 19.7 Å². The molecule has 0 aliphatic heterocycles. The lowest BCUT2D eigenvalue weighted by molar-refractivity contribution is -0.160. The summed E-state index contributed by atoms with van der Waals surface area (Å²) >= 11 is 0. The largest absolute Gasteiger partial charge is 0.465 e. The van der Waals surface area contributed by atoms with E-state index in [1.807, 2.05) is 51.1 Å². The third-order valence-electron chi connectivity index (χ3n) is 7.62. The second kappa shape index (κ2) is 13.4. The van der Waals surface area contributed by atoms with Crippen molar-refractivity contribution in [1.29, 1.82) is 0 Å². The molecular weight excluding hydrogens is 468 g/mol. The maximum atomic E-state index is 13.8. The first-order valence-electron chi connectivity index (χ1n) is 14.1. The van der Waals surface area contributed by atoms with Crippen LogP contribution in [-0.2, 0) is 30.3 Å². The number of carbonyl (C=O) groups is 3. The number of fused-ring (bicyclic) bond motifs is 1. The lowest BCUT2D eigenvalue weighted by Crippen LogP contribution is -2.54. The second-order valence-electron chi connectivity index (χ2n) is 11.7. The van der Waals surface area contributed by atoms with Crippen molar-refractivity contribution in [1.82, 2.24) is 10.2 Å². The second-order valence-corrected chi connectivity index (χ2v) is 11.7. The molecule has 0 saturated heterocycles. The Labute approximate surface area is 222 Å². The first kappa shape index (κ1) is 29.2. The van der Waals surface area contributed by atoms with Gasteiger partial charge in [-0.1, -0.05) is 56.0 Å². The van der Waals surface area contributed by atoms with Crippen LogP contribution >= 0.6 is 0 Å². The van der Waals surface area contributed by atoms with Crippen LogP contribution in [0.4, 0.5) is 0 Å². The number of nitrogens with one attached hydrogen (secondary N) is 1. The molecule has 2 aliphatic rings. The molecule has 0 aromatic heterocycles. The zero-order chi connectivity index (χ0) is 27.0. The van der Waals surface area contributed by atoms with Crippen LogP contribution in [0, 0.1) is 11.8 Å². The summed E-state index contributed by atoms with van der Waals surface area (Å²) in [6.07, 6.45) is 7.96. The van der Waals surface area contributed by atoms with Gasteiger partial charge in [-0.25, -0.2) is 0 Å². The molecule has 206 valence electrons. The summed E-state index contributed by atoms with van der Waals surface area (Å²) in [6, 6.07) is 8.72. The molecule has 0 spiro atoms. The van der Waals surface area contributed by atoms with Gasteiger partial charge >= 0.3 is 11.9 Å². The van der Waals surface area contributed by atoms with Crippen LogP contribution in [0.3, 0.4) is 0 Å². The van der Waals surface area contributed by atoms with Gasteiger partial charge < -0.3 is 14.4 Å². The standard InChI is InChI=1S/C30H46N2O5/c1-6-36-29(35)26(17-16-22-12-8-7-9-13-22)31-21(2)28(34)32(20-27(33)37-30(3,4)5)25-18-23-14-10-11-15-24(23)19-25/h7-9,12-13,21,23-26,31H,6,10-11,14-20H2,1-5H3/t21-,23+,24+,26?/m0/s1. The van der Waals surface area contributed by atoms with Crippen molar-refractivity contribution in [3.05, 3.63) is 35.9 Å². The molecule has 7 heteroatoms. The van der Waals surface area contributed by atoms with Gasteiger partial charge in [-0.05, 0) is 77.7 Å². The van der Waals surface area contributed by atoms with Crippen molar-refractivity contribution in [2.45, 2.75) is 110 Å². The number of nitrogens with zero attached hydrogens (tertiary/aromatic N) is 1. The van der Waals surface area contributed by atoms with E-state index in [0.29, 0.717) is 24.7 Å². The van der Waals surface area contributed by atoms with E-state index in [1.165, 1.54) is 25.7 Å². The Hall–Kier alpha value is -2.41. The number of benzene rings is 1. The van der Waals surface area contributed by atoms with Crippen LogP contribution in [0.2, 0.25) is 0 Å². The van der Waals surface area contributed by atoms with Gasteiger partial charge in [0, 0.05) is 6.04 Å². The molecule has 7 nitrogen and oxygen atoms in total. The number of hydrogen-bond donors (Lipinski definition) is 1.